The first-order valence-corrected chi connectivity index (χ1v) is 7.82. The zero-order valence-corrected chi connectivity index (χ0v) is 13.0. The minimum atomic E-state index is -0.560. The van der Waals surface area contributed by atoms with E-state index in [1.165, 1.54) is 12.8 Å². The van der Waals surface area contributed by atoms with Crippen molar-refractivity contribution in [1.82, 2.24) is 10.2 Å². The number of nitrogens with one attached hydrogen (secondary N) is 1. The van der Waals surface area contributed by atoms with Crippen LogP contribution < -0.4 is 5.32 Å². The zero-order valence-electron chi connectivity index (χ0n) is 13.0. The lowest BCUT2D eigenvalue weighted by Crippen LogP contribution is -2.54. The normalized spacial score (nSPS) is 27.1. The smallest absolute Gasteiger partial charge is 0.326 e. The van der Waals surface area contributed by atoms with Crippen LogP contribution in [0, 0.1) is 0 Å². The van der Waals surface area contributed by atoms with E-state index in [-0.39, 0.29) is 5.97 Å². The molecule has 0 spiro atoms. The third kappa shape index (κ3) is 4.17. The Labute approximate surface area is 122 Å². The summed E-state index contributed by atoms with van der Waals surface area (Å²) in [5.41, 5.74) is -0.560. The second kappa shape index (κ2) is 6.87. The maximum Gasteiger partial charge on any atom is 0.326 e. The van der Waals surface area contributed by atoms with Gasteiger partial charge >= 0.3 is 5.97 Å². The molecule has 1 saturated heterocycles. The van der Waals surface area contributed by atoms with Crippen LogP contribution in [0.25, 0.3) is 0 Å². The fourth-order valence-electron chi connectivity index (χ4n) is 2.66. The molecule has 0 aromatic carbocycles. The molecule has 2 unspecified atom stereocenters. The predicted octanol–water partition coefficient (Wildman–Crippen LogP) is 1.17. The lowest BCUT2D eigenvalue weighted by Gasteiger charge is -2.36. The number of nitrogens with zero attached hydrogens (tertiary/aromatic N) is 1. The summed E-state index contributed by atoms with van der Waals surface area (Å²) in [6.45, 7) is 9.88. The van der Waals surface area contributed by atoms with Crippen LogP contribution in [0.4, 0.5) is 0 Å². The van der Waals surface area contributed by atoms with E-state index in [1.54, 1.807) is 0 Å². The van der Waals surface area contributed by atoms with Gasteiger partial charge in [0, 0.05) is 25.2 Å². The maximum atomic E-state index is 12.3. The van der Waals surface area contributed by atoms with E-state index in [0.717, 1.165) is 32.7 Å². The Bertz CT molecular complexity index is 333. The van der Waals surface area contributed by atoms with Gasteiger partial charge < -0.3 is 9.47 Å². The monoisotopic (exact) mass is 284 g/mol. The Kier molecular flexibility index (Phi) is 5.41. The highest BCUT2D eigenvalue weighted by Gasteiger charge is 2.40. The first kappa shape index (κ1) is 15.7. The van der Waals surface area contributed by atoms with Gasteiger partial charge in [-0.2, -0.15) is 0 Å². The van der Waals surface area contributed by atoms with Crippen LogP contribution in [0.5, 0.6) is 0 Å². The fraction of sp³-hybridized carbons (Fsp3) is 0.933. The van der Waals surface area contributed by atoms with Gasteiger partial charge in [-0.05, 0) is 40.0 Å². The summed E-state index contributed by atoms with van der Waals surface area (Å²) < 4.78 is 10.7. The minimum Gasteiger partial charge on any atom is -0.465 e. The fourth-order valence-corrected chi connectivity index (χ4v) is 2.66. The van der Waals surface area contributed by atoms with Crippen molar-refractivity contribution >= 4 is 5.97 Å². The van der Waals surface area contributed by atoms with Crippen LogP contribution in [0.2, 0.25) is 0 Å². The number of hydrogen-bond acceptors (Lipinski definition) is 5. The molecule has 2 fully saturated rings. The Morgan fingerprint density at radius 2 is 2.25 bits per heavy atom. The molecule has 1 aliphatic heterocycles. The standard InChI is InChI=1S/C15H28N2O3/c1-4-20-14(18)15(3,16-13-5-6-13)7-8-17-9-10-19-11-12(17)2/h12-13,16H,4-11H2,1-3H3. The van der Waals surface area contributed by atoms with Crippen molar-refractivity contribution in [2.24, 2.45) is 0 Å². The van der Waals surface area contributed by atoms with Crippen molar-refractivity contribution in [3.8, 4) is 0 Å². The van der Waals surface area contributed by atoms with E-state index in [9.17, 15) is 4.79 Å². The van der Waals surface area contributed by atoms with E-state index in [2.05, 4.69) is 17.1 Å². The lowest BCUT2D eigenvalue weighted by molar-refractivity contribution is -0.151. The summed E-state index contributed by atoms with van der Waals surface area (Å²) in [5.74, 6) is -0.118. The minimum absolute atomic E-state index is 0.118. The van der Waals surface area contributed by atoms with E-state index < -0.39 is 5.54 Å². The first-order chi connectivity index (χ1) is 9.55. The summed E-state index contributed by atoms with van der Waals surface area (Å²) >= 11 is 0. The Balaban J connectivity index is 1.90. The molecule has 0 bridgehead atoms. The molecule has 0 aromatic heterocycles. The second-order valence-electron chi connectivity index (χ2n) is 6.18. The van der Waals surface area contributed by atoms with Gasteiger partial charge in [0.15, 0.2) is 0 Å². The number of esters is 1. The molecule has 2 rings (SSSR count). The van der Waals surface area contributed by atoms with Gasteiger partial charge in [-0.3, -0.25) is 15.0 Å². The van der Waals surface area contributed by atoms with Gasteiger partial charge in [0.05, 0.1) is 19.8 Å². The van der Waals surface area contributed by atoms with Crippen LogP contribution in [0.3, 0.4) is 0 Å². The molecule has 2 atom stereocenters. The molecule has 1 aliphatic carbocycles. The first-order valence-electron chi connectivity index (χ1n) is 7.82. The predicted molar refractivity (Wildman–Crippen MR) is 77.7 cm³/mol. The van der Waals surface area contributed by atoms with E-state index in [4.69, 9.17) is 9.47 Å². The molecule has 20 heavy (non-hydrogen) atoms. The van der Waals surface area contributed by atoms with E-state index in [0.29, 0.717) is 18.7 Å². The largest absolute Gasteiger partial charge is 0.465 e. The van der Waals surface area contributed by atoms with E-state index in [1.807, 2.05) is 13.8 Å². The van der Waals surface area contributed by atoms with Crippen molar-refractivity contribution in [1.29, 1.82) is 0 Å². The second-order valence-corrected chi connectivity index (χ2v) is 6.18. The van der Waals surface area contributed by atoms with Gasteiger partial charge in [-0.1, -0.05) is 0 Å². The summed E-state index contributed by atoms with van der Waals surface area (Å²) in [5, 5.41) is 3.47. The van der Waals surface area contributed by atoms with Gasteiger partial charge in [0.2, 0.25) is 0 Å². The molecular weight excluding hydrogens is 256 g/mol. The van der Waals surface area contributed by atoms with Crippen molar-refractivity contribution in [2.75, 3.05) is 32.9 Å². The molecular formula is C15H28N2O3. The third-order valence-corrected chi connectivity index (χ3v) is 4.23. The van der Waals surface area contributed by atoms with Crippen molar-refractivity contribution in [3.05, 3.63) is 0 Å². The molecule has 2 aliphatic rings. The number of morpholine rings is 1. The average Bonchev–Trinajstić information content (AvgIpc) is 3.22. The highest BCUT2D eigenvalue weighted by Crippen LogP contribution is 2.25. The van der Waals surface area contributed by atoms with Crippen LogP contribution in [0.15, 0.2) is 0 Å². The number of rotatable bonds is 7. The highest BCUT2D eigenvalue weighted by atomic mass is 16.5. The average molecular weight is 284 g/mol. The molecule has 1 N–H and O–H groups in total. The van der Waals surface area contributed by atoms with Crippen molar-refractivity contribution in [2.45, 2.75) is 57.7 Å². The van der Waals surface area contributed by atoms with Crippen LogP contribution in [-0.4, -0.2) is 61.4 Å². The van der Waals surface area contributed by atoms with Crippen LogP contribution in [0.1, 0.15) is 40.0 Å². The van der Waals surface area contributed by atoms with Gasteiger partial charge in [0.1, 0.15) is 5.54 Å². The molecule has 5 nitrogen and oxygen atoms in total. The number of carbonyl (C=O) groups is 1. The number of ether oxygens (including phenoxy) is 2. The molecule has 1 heterocycles. The Morgan fingerprint density at radius 1 is 1.50 bits per heavy atom. The highest BCUT2D eigenvalue weighted by molar-refractivity contribution is 5.80. The van der Waals surface area contributed by atoms with Crippen molar-refractivity contribution in [3.63, 3.8) is 0 Å². The summed E-state index contributed by atoms with van der Waals surface area (Å²) in [6, 6.07) is 0.919. The van der Waals surface area contributed by atoms with Gasteiger partial charge in [-0.25, -0.2) is 0 Å². The molecule has 5 heteroatoms. The molecule has 0 radical (unpaired) electrons. The molecule has 1 saturated carbocycles. The van der Waals surface area contributed by atoms with Crippen molar-refractivity contribution < 1.29 is 14.3 Å². The lowest BCUT2D eigenvalue weighted by atomic mass is 9.96. The summed E-state index contributed by atoms with van der Waals surface area (Å²) in [7, 11) is 0. The SMILES string of the molecule is CCOC(=O)C(C)(CCN1CCOCC1C)NC1CC1. The Hall–Kier alpha value is -0.650. The molecule has 0 aromatic rings. The summed E-state index contributed by atoms with van der Waals surface area (Å²) in [4.78, 5) is 14.7. The number of hydrogen-bond donors (Lipinski definition) is 1. The molecule has 0 amide bonds. The van der Waals surface area contributed by atoms with Crippen LogP contribution >= 0.6 is 0 Å². The van der Waals surface area contributed by atoms with E-state index >= 15 is 0 Å². The molecule has 116 valence electrons. The Morgan fingerprint density at radius 3 is 2.85 bits per heavy atom. The zero-order chi connectivity index (χ0) is 14.6. The summed E-state index contributed by atoms with van der Waals surface area (Å²) in [6.07, 6.45) is 3.12. The van der Waals surface area contributed by atoms with Crippen LogP contribution in [-0.2, 0) is 14.3 Å². The maximum absolute atomic E-state index is 12.3. The quantitative estimate of drug-likeness (QED) is 0.711. The van der Waals surface area contributed by atoms with Gasteiger partial charge in [0.25, 0.3) is 0 Å². The number of carbonyl (C=O) groups excluding carboxylic acids is 1. The third-order valence-electron chi connectivity index (χ3n) is 4.23. The van der Waals surface area contributed by atoms with Gasteiger partial charge in [-0.15, -0.1) is 0 Å². The topological polar surface area (TPSA) is 50.8 Å².